The van der Waals surface area contributed by atoms with Crippen LogP contribution in [0.2, 0.25) is 0 Å². The summed E-state index contributed by atoms with van der Waals surface area (Å²) in [7, 11) is 1.61. The molecule has 0 amide bonds. The van der Waals surface area contributed by atoms with Gasteiger partial charge in [-0.3, -0.25) is 4.79 Å². The molecule has 0 aliphatic heterocycles. The van der Waals surface area contributed by atoms with Crippen molar-refractivity contribution in [2.45, 2.75) is 18.8 Å². The Morgan fingerprint density at radius 2 is 2.09 bits per heavy atom. The van der Waals surface area contributed by atoms with Crippen LogP contribution in [0.4, 0.5) is 0 Å². The van der Waals surface area contributed by atoms with Gasteiger partial charge in [0, 0.05) is 18.6 Å². The Balaban J connectivity index is 1.91. The predicted molar refractivity (Wildman–Crippen MR) is 91.1 cm³/mol. The van der Waals surface area contributed by atoms with Crippen molar-refractivity contribution in [1.29, 1.82) is 0 Å². The minimum atomic E-state index is -0.121. The zero-order valence-corrected chi connectivity index (χ0v) is 15.6. The highest BCUT2D eigenvalue weighted by molar-refractivity contribution is 9.11. The number of halogens is 2. The van der Waals surface area contributed by atoms with Crippen LogP contribution in [0.15, 0.2) is 31.8 Å². The first-order chi connectivity index (χ1) is 11.1. The summed E-state index contributed by atoms with van der Waals surface area (Å²) in [6.45, 7) is 0.862. The number of carbonyl (C=O) groups is 1. The van der Waals surface area contributed by atoms with Crippen LogP contribution in [-0.2, 0) is 4.74 Å². The minimum Gasteiger partial charge on any atom is -0.489 e. The van der Waals surface area contributed by atoms with E-state index in [1.165, 1.54) is 6.20 Å². The Kier molecular flexibility index (Phi) is 5.18. The molecule has 1 aliphatic rings. The first-order valence-corrected chi connectivity index (χ1v) is 8.81. The van der Waals surface area contributed by atoms with Crippen molar-refractivity contribution in [2.75, 3.05) is 20.3 Å². The fourth-order valence-electron chi connectivity index (χ4n) is 2.27. The van der Waals surface area contributed by atoms with Crippen LogP contribution >= 0.6 is 31.9 Å². The molecule has 1 fully saturated rings. The number of ether oxygens (including phenoxy) is 2. The van der Waals surface area contributed by atoms with Gasteiger partial charge in [-0.2, -0.15) is 0 Å². The van der Waals surface area contributed by atoms with Crippen molar-refractivity contribution in [1.82, 2.24) is 5.16 Å². The lowest BCUT2D eigenvalue weighted by Gasteiger charge is -2.12. The zero-order valence-electron chi connectivity index (χ0n) is 12.5. The maximum Gasteiger partial charge on any atom is 0.199 e. The molecule has 5 nitrogen and oxygen atoms in total. The van der Waals surface area contributed by atoms with E-state index in [4.69, 9.17) is 14.0 Å². The molecular formula is C16H15Br2NO4. The Morgan fingerprint density at radius 3 is 2.78 bits per heavy atom. The van der Waals surface area contributed by atoms with Gasteiger partial charge in [0.2, 0.25) is 0 Å². The summed E-state index contributed by atoms with van der Waals surface area (Å²) < 4.78 is 17.3. The molecule has 0 spiro atoms. The van der Waals surface area contributed by atoms with Gasteiger partial charge in [-0.05, 0) is 56.8 Å². The van der Waals surface area contributed by atoms with E-state index in [0.29, 0.717) is 46.2 Å². The lowest BCUT2D eigenvalue weighted by Crippen LogP contribution is -2.08. The van der Waals surface area contributed by atoms with E-state index in [0.717, 1.165) is 17.3 Å². The average molecular weight is 445 g/mol. The van der Waals surface area contributed by atoms with E-state index in [-0.39, 0.29) is 5.78 Å². The molecule has 1 saturated carbocycles. The van der Waals surface area contributed by atoms with Gasteiger partial charge in [0.05, 0.1) is 27.3 Å². The van der Waals surface area contributed by atoms with Gasteiger partial charge in [-0.25, -0.2) is 0 Å². The molecule has 0 radical (unpaired) electrons. The number of benzene rings is 1. The van der Waals surface area contributed by atoms with Crippen LogP contribution in [0.5, 0.6) is 5.75 Å². The fourth-order valence-corrected chi connectivity index (χ4v) is 3.62. The van der Waals surface area contributed by atoms with E-state index in [2.05, 4.69) is 37.0 Å². The number of ketones is 1. The Morgan fingerprint density at radius 1 is 1.30 bits per heavy atom. The van der Waals surface area contributed by atoms with Crippen LogP contribution in [-0.4, -0.2) is 31.3 Å². The fraction of sp³-hybridized carbons (Fsp3) is 0.375. The Bertz CT molecular complexity index is 725. The number of hydrogen-bond acceptors (Lipinski definition) is 5. The Hall–Kier alpha value is -1.18. The van der Waals surface area contributed by atoms with Gasteiger partial charge in [0.1, 0.15) is 12.4 Å². The van der Waals surface area contributed by atoms with E-state index in [1.807, 2.05) is 0 Å². The highest BCUT2D eigenvalue weighted by Gasteiger charge is 2.33. The third-order valence-corrected chi connectivity index (χ3v) is 5.03. The molecule has 0 bridgehead atoms. The number of rotatable bonds is 7. The lowest BCUT2D eigenvalue weighted by molar-refractivity contribution is 0.103. The minimum absolute atomic E-state index is 0.121. The molecule has 0 saturated heterocycles. The maximum absolute atomic E-state index is 12.8. The number of hydrogen-bond donors (Lipinski definition) is 0. The van der Waals surface area contributed by atoms with Gasteiger partial charge in [-0.1, -0.05) is 5.16 Å². The van der Waals surface area contributed by atoms with Gasteiger partial charge in [0.15, 0.2) is 11.5 Å². The van der Waals surface area contributed by atoms with Crippen LogP contribution < -0.4 is 4.74 Å². The van der Waals surface area contributed by atoms with Crippen molar-refractivity contribution in [3.8, 4) is 5.75 Å². The highest BCUT2D eigenvalue weighted by Crippen LogP contribution is 2.43. The molecule has 1 aromatic carbocycles. The molecule has 1 aliphatic carbocycles. The van der Waals surface area contributed by atoms with Crippen molar-refractivity contribution in [3.63, 3.8) is 0 Å². The van der Waals surface area contributed by atoms with Crippen LogP contribution in [0.3, 0.4) is 0 Å². The number of carbonyl (C=O) groups excluding carboxylic acids is 1. The number of nitrogens with zero attached hydrogens (tertiary/aromatic N) is 1. The molecule has 122 valence electrons. The predicted octanol–water partition coefficient (Wildman–Crippen LogP) is 4.33. The summed E-state index contributed by atoms with van der Waals surface area (Å²) in [4.78, 5) is 12.8. The average Bonchev–Trinajstić information content (AvgIpc) is 3.27. The van der Waals surface area contributed by atoms with Gasteiger partial charge < -0.3 is 14.0 Å². The molecule has 1 aromatic heterocycles. The SMILES string of the molecule is COCCOc1c(Br)ccc(C(=O)c2cnoc2C2CC2)c1Br. The molecule has 0 atom stereocenters. The smallest absolute Gasteiger partial charge is 0.199 e. The summed E-state index contributed by atoms with van der Waals surface area (Å²) >= 11 is 6.92. The van der Waals surface area contributed by atoms with E-state index in [1.54, 1.807) is 19.2 Å². The largest absolute Gasteiger partial charge is 0.489 e. The van der Waals surface area contributed by atoms with Crippen LogP contribution in [0.1, 0.15) is 40.4 Å². The molecule has 23 heavy (non-hydrogen) atoms. The summed E-state index contributed by atoms with van der Waals surface area (Å²) in [5.41, 5.74) is 1.05. The molecular weight excluding hydrogens is 430 g/mol. The second-order valence-electron chi connectivity index (χ2n) is 5.29. The highest BCUT2D eigenvalue weighted by atomic mass is 79.9. The van der Waals surface area contributed by atoms with Crippen molar-refractivity contribution in [2.24, 2.45) is 0 Å². The quantitative estimate of drug-likeness (QED) is 0.469. The first-order valence-electron chi connectivity index (χ1n) is 7.22. The number of methoxy groups -OCH3 is 1. The van der Waals surface area contributed by atoms with E-state index >= 15 is 0 Å². The lowest BCUT2D eigenvalue weighted by atomic mass is 10.0. The first kappa shape index (κ1) is 16.7. The second kappa shape index (κ2) is 7.15. The van der Waals surface area contributed by atoms with Gasteiger partial charge in [-0.15, -0.1) is 0 Å². The summed E-state index contributed by atoms with van der Waals surface area (Å²) in [5.74, 6) is 1.47. The summed E-state index contributed by atoms with van der Waals surface area (Å²) in [6, 6.07) is 3.55. The molecule has 2 aromatic rings. The number of aromatic nitrogens is 1. The molecule has 0 N–H and O–H groups in total. The van der Waals surface area contributed by atoms with Crippen LogP contribution in [0, 0.1) is 0 Å². The molecule has 0 unspecified atom stereocenters. The second-order valence-corrected chi connectivity index (χ2v) is 6.93. The molecule has 1 heterocycles. The van der Waals surface area contributed by atoms with Gasteiger partial charge in [0.25, 0.3) is 0 Å². The molecule has 3 rings (SSSR count). The Labute approximate surface area is 150 Å². The van der Waals surface area contributed by atoms with Gasteiger partial charge >= 0.3 is 0 Å². The van der Waals surface area contributed by atoms with E-state index < -0.39 is 0 Å². The van der Waals surface area contributed by atoms with Crippen molar-refractivity contribution >= 4 is 37.6 Å². The summed E-state index contributed by atoms with van der Waals surface area (Å²) in [5, 5.41) is 3.79. The van der Waals surface area contributed by atoms with E-state index in [9.17, 15) is 4.79 Å². The van der Waals surface area contributed by atoms with Crippen LogP contribution in [0.25, 0.3) is 0 Å². The summed E-state index contributed by atoms with van der Waals surface area (Å²) in [6.07, 6.45) is 3.58. The van der Waals surface area contributed by atoms with Crippen molar-refractivity contribution in [3.05, 3.63) is 44.2 Å². The zero-order chi connectivity index (χ0) is 16.4. The normalized spacial score (nSPS) is 14.0. The maximum atomic E-state index is 12.8. The monoisotopic (exact) mass is 443 g/mol. The standard InChI is InChI=1S/C16H15Br2NO4/c1-21-6-7-22-16-12(17)5-4-10(13(16)18)14(20)11-8-19-23-15(11)9-2-3-9/h4-5,8-9H,2-3,6-7H2,1H3. The van der Waals surface area contributed by atoms with Crippen molar-refractivity contribution < 1.29 is 18.8 Å². The third kappa shape index (κ3) is 3.51. The topological polar surface area (TPSA) is 61.6 Å². The molecule has 7 heteroatoms. The third-order valence-electron chi connectivity index (χ3n) is 3.62.